The standard InChI is InChI=1S/C16H20N2O3S2/c1-3-12-6-4-5-7-14(12)18-16(19)15-9-8-13(22-15)10-11-17-23(2,20)21/h4-9,17H,3,10-11H2,1-2H3,(H,18,19). The van der Waals surface area contributed by atoms with Gasteiger partial charge in [-0.25, -0.2) is 13.1 Å². The van der Waals surface area contributed by atoms with Crippen LogP contribution in [-0.2, 0) is 22.9 Å². The molecule has 0 bridgehead atoms. The molecule has 0 saturated carbocycles. The molecular formula is C16H20N2O3S2. The normalized spacial score (nSPS) is 11.4. The number of carbonyl (C=O) groups is 1. The van der Waals surface area contributed by atoms with Gasteiger partial charge in [0.05, 0.1) is 11.1 Å². The topological polar surface area (TPSA) is 75.3 Å². The maximum Gasteiger partial charge on any atom is 0.265 e. The Labute approximate surface area is 140 Å². The number of rotatable bonds is 7. The van der Waals surface area contributed by atoms with E-state index >= 15 is 0 Å². The summed E-state index contributed by atoms with van der Waals surface area (Å²) in [6.07, 6.45) is 2.55. The van der Waals surface area contributed by atoms with Gasteiger partial charge in [-0.05, 0) is 36.6 Å². The molecule has 0 aliphatic carbocycles. The summed E-state index contributed by atoms with van der Waals surface area (Å²) in [6, 6.07) is 11.4. The summed E-state index contributed by atoms with van der Waals surface area (Å²) < 4.78 is 24.5. The van der Waals surface area contributed by atoms with E-state index in [0.29, 0.717) is 17.8 Å². The minimum atomic E-state index is -3.18. The van der Waals surface area contributed by atoms with Crippen molar-refractivity contribution in [3.63, 3.8) is 0 Å². The maximum absolute atomic E-state index is 12.3. The van der Waals surface area contributed by atoms with Crippen molar-refractivity contribution < 1.29 is 13.2 Å². The van der Waals surface area contributed by atoms with E-state index in [1.54, 1.807) is 6.07 Å². The number of carbonyl (C=O) groups excluding carboxylic acids is 1. The van der Waals surface area contributed by atoms with Crippen LogP contribution in [0.2, 0.25) is 0 Å². The lowest BCUT2D eigenvalue weighted by Gasteiger charge is -2.08. The Hall–Kier alpha value is -1.70. The molecule has 5 nitrogen and oxygen atoms in total. The van der Waals surface area contributed by atoms with Crippen molar-refractivity contribution in [1.29, 1.82) is 0 Å². The highest BCUT2D eigenvalue weighted by molar-refractivity contribution is 7.88. The monoisotopic (exact) mass is 352 g/mol. The second-order valence-electron chi connectivity index (χ2n) is 5.15. The molecule has 0 atom stereocenters. The Balaban J connectivity index is 1.98. The minimum absolute atomic E-state index is 0.141. The third kappa shape index (κ3) is 5.46. The highest BCUT2D eigenvalue weighted by atomic mass is 32.2. The van der Waals surface area contributed by atoms with E-state index in [1.807, 2.05) is 37.3 Å². The van der Waals surface area contributed by atoms with Crippen LogP contribution in [0.5, 0.6) is 0 Å². The molecule has 0 fully saturated rings. The molecule has 2 N–H and O–H groups in total. The summed E-state index contributed by atoms with van der Waals surface area (Å²) >= 11 is 1.38. The third-order valence-electron chi connectivity index (χ3n) is 3.27. The molecule has 1 aromatic carbocycles. The summed E-state index contributed by atoms with van der Waals surface area (Å²) in [5, 5.41) is 2.93. The molecule has 1 aromatic heterocycles. The fraction of sp³-hybridized carbons (Fsp3) is 0.312. The number of thiophene rings is 1. The highest BCUT2D eigenvalue weighted by Crippen LogP contribution is 2.21. The predicted octanol–water partition coefficient (Wildman–Crippen LogP) is 2.65. The minimum Gasteiger partial charge on any atom is -0.321 e. The Morgan fingerprint density at radius 3 is 2.61 bits per heavy atom. The Morgan fingerprint density at radius 2 is 1.91 bits per heavy atom. The van der Waals surface area contributed by atoms with Crippen LogP contribution in [-0.4, -0.2) is 27.1 Å². The molecule has 7 heteroatoms. The molecule has 0 radical (unpaired) electrons. The van der Waals surface area contributed by atoms with Gasteiger partial charge in [0.1, 0.15) is 0 Å². The van der Waals surface area contributed by atoms with Crippen LogP contribution in [0.25, 0.3) is 0 Å². The summed E-state index contributed by atoms with van der Waals surface area (Å²) in [4.78, 5) is 13.9. The average molecular weight is 352 g/mol. The summed E-state index contributed by atoms with van der Waals surface area (Å²) in [6.45, 7) is 2.38. The van der Waals surface area contributed by atoms with E-state index in [0.717, 1.165) is 28.8 Å². The van der Waals surface area contributed by atoms with Crippen molar-refractivity contribution in [2.24, 2.45) is 0 Å². The van der Waals surface area contributed by atoms with Crippen molar-refractivity contribution >= 4 is 33.0 Å². The molecule has 1 amide bonds. The summed E-state index contributed by atoms with van der Waals surface area (Å²) in [5.41, 5.74) is 1.92. The van der Waals surface area contributed by atoms with Gasteiger partial charge in [-0.1, -0.05) is 25.1 Å². The molecule has 0 aliphatic rings. The number of anilines is 1. The molecule has 1 heterocycles. The number of hydrogen-bond donors (Lipinski definition) is 2. The average Bonchev–Trinajstić information content (AvgIpc) is 2.95. The van der Waals surface area contributed by atoms with Crippen LogP contribution < -0.4 is 10.0 Å². The second-order valence-corrected chi connectivity index (χ2v) is 8.15. The van der Waals surface area contributed by atoms with Gasteiger partial charge in [0.2, 0.25) is 10.0 Å². The first kappa shape index (κ1) is 17.7. The zero-order chi connectivity index (χ0) is 16.9. The first-order valence-corrected chi connectivity index (χ1v) is 10.0. The predicted molar refractivity (Wildman–Crippen MR) is 94.6 cm³/mol. The fourth-order valence-electron chi connectivity index (χ4n) is 2.13. The van der Waals surface area contributed by atoms with Crippen LogP contribution >= 0.6 is 11.3 Å². The quantitative estimate of drug-likeness (QED) is 0.804. The van der Waals surface area contributed by atoms with Crippen molar-refractivity contribution in [3.8, 4) is 0 Å². The van der Waals surface area contributed by atoms with Crippen LogP contribution in [0.3, 0.4) is 0 Å². The maximum atomic E-state index is 12.3. The van der Waals surface area contributed by atoms with Crippen molar-refractivity contribution in [3.05, 3.63) is 51.7 Å². The van der Waals surface area contributed by atoms with Crippen molar-refractivity contribution in [2.45, 2.75) is 19.8 Å². The van der Waals surface area contributed by atoms with Crippen molar-refractivity contribution in [1.82, 2.24) is 4.72 Å². The molecule has 2 rings (SSSR count). The van der Waals surface area contributed by atoms with E-state index in [1.165, 1.54) is 11.3 Å². The number of sulfonamides is 1. The zero-order valence-corrected chi connectivity index (χ0v) is 14.8. The Kier molecular flexibility index (Phi) is 5.92. The first-order chi connectivity index (χ1) is 10.9. The van der Waals surface area contributed by atoms with Gasteiger partial charge in [-0.3, -0.25) is 4.79 Å². The van der Waals surface area contributed by atoms with E-state index in [2.05, 4.69) is 10.0 Å². The molecule has 0 aliphatic heterocycles. The number of para-hydroxylation sites is 1. The van der Waals surface area contributed by atoms with E-state index < -0.39 is 10.0 Å². The summed E-state index contributed by atoms with van der Waals surface area (Å²) in [5.74, 6) is -0.141. The lowest BCUT2D eigenvalue weighted by Crippen LogP contribution is -2.24. The van der Waals surface area contributed by atoms with Gasteiger partial charge in [0.15, 0.2) is 0 Å². The van der Waals surface area contributed by atoms with Crippen LogP contribution in [0.1, 0.15) is 27.0 Å². The number of hydrogen-bond acceptors (Lipinski definition) is 4. The van der Waals surface area contributed by atoms with E-state index in [4.69, 9.17) is 0 Å². The van der Waals surface area contributed by atoms with Gasteiger partial charge in [-0.15, -0.1) is 11.3 Å². The number of aryl methyl sites for hydroxylation is 1. The van der Waals surface area contributed by atoms with Gasteiger partial charge >= 0.3 is 0 Å². The van der Waals surface area contributed by atoms with Gasteiger partial charge < -0.3 is 5.32 Å². The van der Waals surface area contributed by atoms with Gasteiger partial charge in [0.25, 0.3) is 5.91 Å². The smallest absolute Gasteiger partial charge is 0.265 e. The molecule has 0 unspecified atom stereocenters. The lowest BCUT2D eigenvalue weighted by atomic mass is 10.1. The van der Waals surface area contributed by atoms with Crippen LogP contribution in [0.4, 0.5) is 5.69 Å². The molecule has 23 heavy (non-hydrogen) atoms. The van der Waals surface area contributed by atoms with Crippen molar-refractivity contribution in [2.75, 3.05) is 18.1 Å². The van der Waals surface area contributed by atoms with Crippen LogP contribution in [0, 0.1) is 0 Å². The number of benzene rings is 1. The highest BCUT2D eigenvalue weighted by Gasteiger charge is 2.11. The largest absolute Gasteiger partial charge is 0.321 e. The summed E-state index contributed by atoms with van der Waals surface area (Å²) in [7, 11) is -3.18. The van der Waals surface area contributed by atoms with E-state index in [9.17, 15) is 13.2 Å². The Bertz CT molecular complexity index is 782. The lowest BCUT2D eigenvalue weighted by molar-refractivity contribution is 0.103. The zero-order valence-electron chi connectivity index (χ0n) is 13.1. The molecule has 2 aromatic rings. The second kappa shape index (κ2) is 7.72. The molecule has 124 valence electrons. The first-order valence-electron chi connectivity index (χ1n) is 7.31. The van der Waals surface area contributed by atoms with E-state index in [-0.39, 0.29) is 5.91 Å². The van der Waals surface area contributed by atoms with Gasteiger partial charge in [-0.2, -0.15) is 0 Å². The fourth-order valence-corrected chi connectivity index (χ4v) is 3.50. The number of amides is 1. The third-order valence-corrected chi connectivity index (χ3v) is 5.14. The molecular weight excluding hydrogens is 332 g/mol. The molecule has 0 saturated heterocycles. The molecule has 0 spiro atoms. The SMILES string of the molecule is CCc1ccccc1NC(=O)c1ccc(CCNS(C)(=O)=O)s1. The van der Waals surface area contributed by atoms with Gasteiger partial charge in [0, 0.05) is 17.1 Å². The number of nitrogens with one attached hydrogen (secondary N) is 2. The van der Waals surface area contributed by atoms with Crippen LogP contribution in [0.15, 0.2) is 36.4 Å². The Morgan fingerprint density at radius 1 is 1.17 bits per heavy atom.